The molecule has 0 fully saturated rings. The van der Waals surface area contributed by atoms with Crippen LogP contribution >= 0.6 is 22.6 Å². The molecule has 0 aromatic heterocycles. The zero-order valence-electron chi connectivity index (χ0n) is 10.2. The smallest absolute Gasteiger partial charge is 0.165 e. The van der Waals surface area contributed by atoms with Gasteiger partial charge in [0.1, 0.15) is 5.82 Å². The van der Waals surface area contributed by atoms with Crippen molar-refractivity contribution in [3.63, 3.8) is 0 Å². The molecule has 0 bridgehead atoms. The molecule has 0 unspecified atom stereocenters. The Morgan fingerprint density at radius 3 is 2.58 bits per heavy atom. The lowest BCUT2D eigenvalue weighted by Gasteiger charge is -2.10. The highest BCUT2D eigenvalue weighted by molar-refractivity contribution is 14.1. The van der Waals surface area contributed by atoms with Crippen molar-refractivity contribution in [1.29, 1.82) is 0 Å². The van der Waals surface area contributed by atoms with Crippen molar-refractivity contribution in [2.24, 2.45) is 0 Å². The van der Waals surface area contributed by atoms with E-state index in [9.17, 15) is 8.78 Å². The molecule has 0 saturated carbocycles. The summed E-state index contributed by atoms with van der Waals surface area (Å²) < 4.78 is 32.1. The first-order valence-corrected chi connectivity index (χ1v) is 6.69. The van der Waals surface area contributed by atoms with Gasteiger partial charge in [-0.2, -0.15) is 0 Å². The molecule has 2 rings (SSSR count). The number of rotatable bonds is 4. The molecule has 5 heteroatoms. The highest BCUT2D eigenvalue weighted by Gasteiger charge is 2.05. The van der Waals surface area contributed by atoms with E-state index in [1.165, 1.54) is 25.3 Å². The topological polar surface area (TPSA) is 21.3 Å². The zero-order chi connectivity index (χ0) is 13.8. The van der Waals surface area contributed by atoms with Gasteiger partial charge in [-0.15, -0.1) is 0 Å². The molecule has 0 amide bonds. The normalized spacial score (nSPS) is 10.3. The van der Waals surface area contributed by atoms with Crippen molar-refractivity contribution >= 4 is 28.3 Å². The molecule has 1 N–H and O–H groups in total. The Balaban J connectivity index is 2.08. The predicted molar refractivity (Wildman–Crippen MR) is 79.4 cm³/mol. The summed E-state index contributed by atoms with van der Waals surface area (Å²) >= 11 is 2.05. The Kier molecular flexibility index (Phi) is 4.57. The van der Waals surface area contributed by atoms with Crippen molar-refractivity contribution in [3.8, 4) is 5.75 Å². The summed E-state index contributed by atoms with van der Waals surface area (Å²) in [4.78, 5) is 0. The fourth-order valence-electron chi connectivity index (χ4n) is 1.65. The molecule has 2 nitrogen and oxygen atoms in total. The second-order valence-corrected chi connectivity index (χ2v) is 5.11. The van der Waals surface area contributed by atoms with Crippen LogP contribution in [0, 0.1) is 15.2 Å². The first kappa shape index (κ1) is 14.0. The van der Waals surface area contributed by atoms with Gasteiger partial charge in [0.05, 0.1) is 7.11 Å². The second kappa shape index (κ2) is 6.18. The molecule has 0 saturated heterocycles. The minimum Gasteiger partial charge on any atom is -0.494 e. The van der Waals surface area contributed by atoms with E-state index in [0.29, 0.717) is 6.54 Å². The number of ether oxygens (including phenoxy) is 1. The maximum Gasteiger partial charge on any atom is 0.165 e. The lowest BCUT2D eigenvalue weighted by Crippen LogP contribution is -2.02. The molecule has 19 heavy (non-hydrogen) atoms. The van der Waals surface area contributed by atoms with E-state index in [2.05, 4.69) is 27.9 Å². The molecule has 0 heterocycles. The van der Waals surface area contributed by atoms with Crippen LogP contribution in [0.25, 0.3) is 0 Å². The van der Waals surface area contributed by atoms with Crippen LogP contribution in [-0.2, 0) is 6.54 Å². The van der Waals surface area contributed by atoms with Crippen molar-refractivity contribution < 1.29 is 13.5 Å². The quantitative estimate of drug-likeness (QED) is 0.810. The summed E-state index contributed by atoms with van der Waals surface area (Å²) in [6.07, 6.45) is 0. The van der Waals surface area contributed by atoms with E-state index in [0.717, 1.165) is 14.8 Å². The van der Waals surface area contributed by atoms with E-state index >= 15 is 0 Å². The van der Waals surface area contributed by atoms with Crippen LogP contribution < -0.4 is 10.1 Å². The summed E-state index contributed by atoms with van der Waals surface area (Å²) in [5.41, 5.74) is 1.61. The lowest BCUT2D eigenvalue weighted by atomic mass is 10.2. The summed E-state index contributed by atoms with van der Waals surface area (Å²) in [6.45, 7) is 0.461. The van der Waals surface area contributed by atoms with Gasteiger partial charge in [0, 0.05) is 15.8 Å². The SMILES string of the molecule is COc1ccc(CNc2ccc(F)cc2I)cc1F. The molecule has 0 spiro atoms. The fraction of sp³-hybridized carbons (Fsp3) is 0.143. The van der Waals surface area contributed by atoms with E-state index < -0.39 is 5.82 Å². The molecular formula is C14H12F2INO. The third kappa shape index (κ3) is 3.56. The van der Waals surface area contributed by atoms with Crippen LogP contribution in [0.1, 0.15) is 5.56 Å². The van der Waals surface area contributed by atoms with Gasteiger partial charge in [-0.1, -0.05) is 6.07 Å². The third-order valence-electron chi connectivity index (χ3n) is 2.63. The predicted octanol–water partition coefficient (Wildman–Crippen LogP) is 4.19. The molecule has 0 aliphatic carbocycles. The van der Waals surface area contributed by atoms with Gasteiger partial charge in [-0.05, 0) is 58.5 Å². The lowest BCUT2D eigenvalue weighted by molar-refractivity contribution is 0.386. The Morgan fingerprint density at radius 1 is 1.16 bits per heavy atom. The Labute approximate surface area is 123 Å². The molecule has 2 aromatic rings. The number of methoxy groups -OCH3 is 1. The molecule has 100 valence electrons. The molecule has 0 aliphatic heterocycles. The van der Waals surface area contributed by atoms with Crippen molar-refractivity contribution in [2.45, 2.75) is 6.54 Å². The first-order chi connectivity index (χ1) is 9.10. The number of nitrogens with one attached hydrogen (secondary N) is 1. The summed E-state index contributed by atoms with van der Waals surface area (Å²) in [5.74, 6) is -0.443. The number of benzene rings is 2. The van der Waals surface area contributed by atoms with Gasteiger partial charge in [-0.3, -0.25) is 0 Å². The van der Waals surface area contributed by atoms with Crippen LogP contribution in [0.3, 0.4) is 0 Å². The number of halogens is 3. The molecular weight excluding hydrogens is 363 g/mol. The fourth-order valence-corrected chi connectivity index (χ4v) is 2.32. The highest BCUT2D eigenvalue weighted by Crippen LogP contribution is 2.21. The average Bonchev–Trinajstić information content (AvgIpc) is 2.38. The first-order valence-electron chi connectivity index (χ1n) is 5.61. The van der Waals surface area contributed by atoms with E-state index in [1.54, 1.807) is 18.2 Å². The second-order valence-electron chi connectivity index (χ2n) is 3.95. The van der Waals surface area contributed by atoms with Crippen molar-refractivity contribution in [3.05, 3.63) is 57.2 Å². The van der Waals surface area contributed by atoms with Gasteiger partial charge in [0.25, 0.3) is 0 Å². The van der Waals surface area contributed by atoms with Crippen LogP contribution in [0.15, 0.2) is 36.4 Å². The summed E-state index contributed by atoms with van der Waals surface area (Å²) in [7, 11) is 1.43. The Hall–Kier alpha value is -1.37. The highest BCUT2D eigenvalue weighted by atomic mass is 127. The number of hydrogen-bond acceptors (Lipinski definition) is 2. The van der Waals surface area contributed by atoms with Gasteiger partial charge < -0.3 is 10.1 Å². The van der Waals surface area contributed by atoms with Crippen LogP contribution in [-0.4, -0.2) is 7.11 Å². The zero-order valence-corrected chi connectivity index (χ0v) is 12.4. The van der Waals surface area contributed by atoms with Gasteiger partial charge in [0.2, 0.25) is 0 Å². The van der Waals surface area contributed by atoms with E-state index in [1.807, 2.05) is 0 Å². The summed E-state index contributed by atoms with van der Waals surface area (Å²) in [6, 6.07) is 9.28. The van der Waals surface area contributed by atoms with Crippen molar-refractivity contribution in [1.82, 2.24) is 0 Å². The molecule has 2 aromatic carbocycles. The maximum absolute atomic E-state index is 13.5. The minimum absolute atomic E-state index is 0.222. The monoisotopic (exact) mass is 375 g/mol. The van der Waals surface area contributed by atoms with Crippen LogP contribution in [0.5, 0.6) is 5.75 Å². The Morgan fingerprint density at radius 2 is 1.95 bits per heavy atom. The van der Waals surface area contributed by atoms with Crippen molar-refractivity contribution in [2.75, 3.05) is 12.4 Å². The third-order valence-corrected chi connectivity index (χ3v) is 3.52. The van der Waals surface area contributed by atoms with E-state index in [-0.39, 0.29) is 11.6 Å². The largest absolute Gasteiger partial charge is 0.494 e. The molecule has 0 atom stereocenters. The number of anilines is 1. The van der Waals surface area contributed by atoms with Gasteiger partial charge in [-0.25, -0.2) is 8.78 Å². The molecule has 0 radical (unpaired) electrons. The van der Waals surface area contributed by atoms with E-state index in [4.69, 9.17) is 4.74 Å². The standard InChI is InChI=1S/C14H12F2INO/c1-19-14-5-2-9(6-11(14)16)8-18-13-4-3-10(15)7-12(13)17/h2-7,18H,8H2,1H3. The molecule has 0 aliphatic rings. The van der Waals surface area contributed by atoms with Crippen LogP contribution in [0.2, 0.25) is 0 Å². The number of hydrogen-bond donors (Lipinski definition) is 1. The minimum atomic E-state index is -0.393. The van der Waals surface area contributed by atoms with Crippen LogP contribution in [0.4, 0.5) is 14.5 Å². The Bertz CT molecular complexity index is 590. The average molecular weight is 375 g/mol. The summed E-state index contributed by atoms with van der Waals surface area (Å²) in [5, 5.41) is 3.14. The van der Waals surface area contributed by atoms with Gasteiger partial charge in [0.15, 0.2) is 11.6 Å². The maximum atomic E-state index is 13.5. The van der Waals surface area contributed by atoms with Gasteiger partial charge >= 0.3 is 0 Å².